The van der Waals surface area contributed by atoms with Crippen LogP contribution in [0, 0.1) is 0 Å². The predicted molar refractivity (Wildman–Crippen MR) is 118 cm³/mol. The molecule has 1 heterocycles. The van der Waals surface area contributed by atoms with Gasteiger partial charge in [0.15, 0.2) is 5.69 Å². The Kier molecular flexibility index (Phi) is 6.03. The fourth-order valence-electron chi connectivity index (χ4n) is 3.26. The summed E-state index contributed by atoms with van der Waals surface area (Å²) in [7, 11) is 3.13. The number of benzene rings is 3. The topological polar surface area (TPSA) is 95.6 Å². The lowest BCUT2D eigenvalue weighted by Gasteiger charge is -2.08. The van der Waals surface area contributed by atoms with Crippen molar-refractivity contribution in [3.63, 3.8) is 0 Å². The minimum atomic E-state index is -0.639. The van der Waals surface area contributed by atoms with E-state index in [2.05, 4.69) is 10.2 Å². The van der Waals surface area contributed by atoms with Crippen molar-refractivity contribution in [1.82, 2.24) is 9.90 Å². The summed E-state index contributed by atoms with van der Waals surface area (Å²) in [6.45, 7) is 0.304. The van der Waals surface area contributed by atoms with Crippen LogP contribution >= 0.6 is 0 Å². The summed E-state index contributed by atoms with van der Waals surface area (Å²) in [6, 6.07) is 23.2. The van der Waals surface area contributed by atoms with Crippen molar-refractivity contribution in [1.29, 1.82) is 0 Å². The average Bonchev–Trinajstić information content (AvgIpc) is 3.15. The molecule has 0 fully saturated rings. The first kappa shape index (κ1) is 20.9. The van der Waals surface area contributed by atoms with Crippen LogP contribution in [-0.2, 0) is 6.54 Å². The molecule has 8 heteroatoms. The third-order valence-electron chi connectivity index (χ3n) is 4.92. The Labute approximate surface area is 184 Å². The van der Waals surface area contributed by atoms with Gasteiger partial charge in [0.25, 0.3) is 0 Å². The monoisotopic (exact) mass is 430 g/mol. The lowest BCUT2D eigenvalue weighted by molar-refractivity contribution is -0.749. The molecule has 4 rings (SSSR count). The standard InChI is InChI=1S/C24H22N4O4/c1-31-20-12-8-18(9-13-20)25-23(29)22-24(30)28(19-10-14-21(32-2)15-11-19)26-27(22)16-17-6-4-3-5-7-17/h3-15H,16H2,1-2H3,(H-,25,26,29,30). The Balaban J connectivity index is 1.79. The number of aliphatic imine (C=N–C) groups is 1. The van der Waals surface area contributed by atoms with Gasteiger partial charge in [-0.25, -0.2) is 4.79 Å². The molecule has 0 aliphatic carbocycles. The normalized spacial score (nSPS) is 11.4. The van der Waals surface area contributed by atoms with Gasteiger partial charge in [-0.15, -0.1) is 4.68 Å². The van der Waals surface area contributed by atoms with E-state index in [-0.39, 0.29) is 5.69 Å². The van der Waals surface area contributed by atoms with E-state index in [0.717, 1.165) is 5.56 Å². The third kappa shape index (κ3) is 4.39. The maximum Gasteiger partial charge on any atom is 0.406 e. The first-order valence-electron chi connectivity index (χ1n) is 9.92. The molecule has 0 amide bonds. The molecule has 162 valence electrons. The Morgan fingerprint density at radius 3 is 2.12 bits per heavy atom. The SMILES string of the molecule is COc1ccc(N=C([O-])c2c(=O)n(-c3ccc(OC)cc3)[nH][n+]2Cc2ccccc2)cc1. The molecular weight excluding hydrogens is 408 g/mol. The Morgan fingerprint density at radius 2 is 1.53 bits per heavy atom. The van der Waals surface area contributed by atoms with Crippen molar-refractivity contribution >= 4 is 11.6 Å². The van der Waals surface area contributed by atoms with Crippen LogP contribution in [0.4, 0.5) is 5.69 Å². The number of hydrogen-bond acceptors (Lipinski definition) is 5. The van der Waals surface area contributed by atoms with Crippen LogP contribution in [0.1, 0.15) is 11.3 Å². The molecule has 0 atom stereocenters. The molecule has 0 saturated heterocycles. The molecule has 1 aromatic heterocycles. The Hall–Kier alpha value is -4.33. The second-order valence-corrected chi connectivity index (χ2v) is 6.97. The lowest BCUT2D eigenvalue weighted by Crippen LogP contribution is -2.46. The second kappa shape index (κ2) is 9.22. The van der Waals surface area contributed by atoms with Gasteiger partial charge in [0.1, 0.15) is 18.0 Å². The number of rotatable bonds is 7. The van der Waals surface area contributed by atoms with E-state index in [1.165, 1.54) is 9.36 Å². The van der Waals surface area contributed by atoms with Crippen molar-refractivity contribution < 1.29 is 19.3 Å². The molecule has 0 spiro atoms. The maximum atomic E-state index is 13.2. The zero-order valence-electron chi connectivity index (χ0n) is 17.7. The summed E-state index contributed by atoms with van der Waals surface area (Å²) in [5.41, 5.74) is 1.37. The first-order chi connectivity index (χ1) is 15.6. The van der Waals surface area contributed by atoms with Crippen LogP contribution in [-0.4, -0.2) is 30.0 Å². The molecule has 0 radical (unpaired) electrons. The van der Waals surface area contributed by atoms with Crippen molar-refractivity contribution in [2.75, 3.05) is 14.2 Å². The molecular formula is C24H22N4O4. The molecule has 8 nitrogen and oxygen atoms in total. The van der Waals surface area contributed by atoms with Crippen LogP contribution in [0.5, 0.6) is 11.5 Å². The maximum absolute atomic E-state index is 13.2. The van der Waals surface area contributed by atoms with E-state index in [4.69, 9.17) is 9.47 Å². The fourth-order valence-corrected chi connectivity index (χ4v) is 3.26. The molecule has 32 heavy (non-hydrogen) atoms. The number of methoxy groups -OCH3 is 2. The van der Waals surface area contributed by atoms with Gasteiger partial charge in [-0.2, -0.15) is 0 Å². The molecule has 3 aromatic carbocycles. The minimum absolute atomic E-state index is 0.0690. The summed E-state index contributed by atoms with van der Waals surface area (Å²) in [5.74, 6) is 0.676. The minimum Gasteiger partial charge on any atom is -0.855 e. The van der Waals surface area contributed by atoms with Crippen LogP contribution < -0.4 is 24.8 Å². The summed E-state index contributed by atoms with van der Waals surface area (Å²) in [6.07, 6.45) is 0. The summed E-state index contributed by atoms with van der Waals surface area (Å²) in [5, 5.41) is 16.1. The zero-order valence-corrected chi connectivity index (χ0v) is 17.7. The van der Waals surface area contributed by atoms with Crippen LogP contribution in [0.2, 0.25) is 0 Å². The highest BCUT2D eigenvalue weighted by Gasteiger charge is 2.23. The first-order valence-corrected chi connectivity index (χ1v) is 9.92. The van der Waals surface area contributed by atoms with Gasteiger partial charge >= 0.3 is 5.56 Å². The number of nitrogens with one attached hydrogen (secondary N) is 1. The van der Waals surface area contributed by atoms with Crippen molar-refractivity contribution in [3.8, 4) is 17.2 Å². The van der Waals surface area contributed by atoms with E-state index in [1.54, 1.807) is 62.8 Å². The molecule has 0 aliphatic heterocycles. The van der Waals surface area contributed by atoms with Gasteiger partial charge in [-0.05, 0) is 54.1 Å². The number of aromatic nitrogens is 3. The number of H-pyrrole nitrogens is 1. The Morgan fingerprint density at radius 1 is 0.938 bits per heavy atom. The van der Waals surface area contributed by atoms with Gasteiger partial charge in [0.2, 0.25) is 5.69 Å². The van der Waals surface area contributed by atoms with E-state index < -0.39 is 11.5 Å². The van der Waals surface area contributed by atoms with Crippen molar-refractivity contribution in [3.05, 3.63) is 100 Å². The largest absolute Gasteiger partial charge is 0.855 e. The smallest absolute Gasteiger partial charge is 0.406 e. The average molecular weight is 430 g/mol. The fraction of sp³-hybridized carbons (Fsp3) is 0.125. The number of nitrogens with zero attached hydrogens (tertiary/aromatic N) is 3. The third-order valence-corrected chi connectivity index (χ3v) is 4.92. The van der Waals surface area contributed by atoms with Gasteiger partial charge in [-0.3, -0.25) is 4.99 Å². The summed E-state index contributed by atoms with van der Waals surface area (Å²) < 4.78 is 13.1. The van der Waals surface area contributed by atoms with E-state index in [9.17, 15) is 9.90 Å². The quantitative estimate of drug-likeness (QED) is 0.275. The number of ether oxygens (including phenoxy) is 2. The van der Waals surface area contributed by atoms with Gasteiger partial charge < -0.3 is 14.6 Å². The molecule has 0 unspecified atom stereocenters. The predicted octanol–water partition coefficient (Wildman–Crippen LogP) is 1.96. The van der Waals surface area contributed by atoms with E-state index in [1.807, 2.05) is 30.3 Å². The Bertz CT molecular complexity index is 1270. The van der Waals surface area contributed by atoms with Crippen molar-refractivity contribution in [2.24, 2.45) is 4.99 Å². The second-order valence-electron chi connectivity index (χ2n) is 6.97. The van der Waals surface area contributed by atoms with Gasteiger partial charge in [-0.1, -0.05) is 40.2 Å². The van der Waals surface area contributed by atoms with Gasteiger partial charge in [0.05, 0.1) is 19.9 Å². The highest BCUT2D eigenvalue weighted by Crippen LogP contribution is 2.18. The van der Waals surface area contributed by atoms with Crippen LogP contribution in [0.25, 0.3) is 5.69 Å². The highest BCUT2D eigenvalue weighted by molar-refractivity contribution is 5.88. The number of aromatic amines is 1. The zero-order chi connectivity index (χ0) is 22.5. The molecule has 0 bridgehead atoms. The number of hydrogen-bond donors (Lipinski definition) is 1. The van der Waals surface area contributed by atoms with Gasteiger partial charge in [0, 0.05) is 5.90 Å². The van der Waals surface area contributed by atoms with Crippen LogP contribution in [0.15, 0.2) is 88.6 Å². The summed E-state index contributed by atoms with van der Waals surface area (Å²) >= 11 is 0. The summed E-state index contributed by atoms with van der Waals surface area (Å²) in [4.78, 5) is 17.4. The molecule has 0 saturated carbocycles. The highest BCUT2D eigenvalue weighted by atomic mass is 16.5. The van der Waals surface area contributed by atoms with Crippen molar-refractivity contribution in [2.45, 2.75) is 6.54 Å². The lowest BCUT2D eigenvalue weighted by atomic mass is 10.2. The van der Waals surface area contributed by atoms with Crippen LogP contribution in [0.3, 0.4) is 0 Å². The molecule has 1 N–H and O–H groups in total. The van der Waals surface area contributed by atoms with E-state index >= 15 is 0 Å². The molecule has 4 aromatic rings. The van der Waals surface area contributed by atoms with E-state index in [0.29, 0.717) is 29.4 Å². The molecule has 0 aliphatic rings.